The minimum atomic E-state index is -3.83. The Kier molecular flexibility index (Phi) is 19.7. The summed E-state index contributed by atoms with van der Waals surface area (Å²) in [7, 11) is -12.0. The highest BCUT2D eigenvalue weighted by atomic mass is 32.2. The van der Waals surface area contributed by atoms with Gasteiger partial charge >= 0.3 is 0 Å². The van der Waals surface area contributed by atoms with Crippen molar-refractivity contribution in [3.05, 3.63) is 54.1 Å². The third kappa shape index (κ3) is 16.8. The molecular weight excluding hydrogens is 901 g/mol. The highest BCUT2D eigenvalue weighted by Crippen LogP contribution is 2.42. The molecule has 0 saturated carbocycles. The smallest absolute Gasteiger partial charge is 0.264 e. The first-order valence-corrected chi connectivity index (χ1v) is 33.1. The van der Waals surface area contributed by atoms with Gasteiger partial charge in [-0.15, -0.1) is 0 Å². The number of aryl methyl sites for hydroxylation is 1. The molecule has 12 nitrogen and oxygen atoms in total. The van der Waals surface area contributed by atoms with E-state index in [1.165, 1.54) is 0 Å². The summed E-state index contributed by atoms with van der Waals surface area (Å²) in [5.74, 6) is -1.34. The van der Waals surface area contributed by atoms with Crippen molar-refractivity contribution in [2.45, 2.75) is 204 Å². The second-order valence-corrected chi connectivity index (χ2v) is 35.2. The number of sulfone groups is 1. The Morgan fingerprint density at radius 1 is 0.877 bits per heavy atom. The molecule has 1 aromatic rings. The van der Waals surface area contributed by atoms with Gasteiger partial charge in [-0.05, 0) is 116 Å². The molecule has 0 bridgehead atoms. The van der Waals surface area contributed by atoms with Gasteiger partial charge in [-0.3, -0.25) is 8.98 Å². The van der Waals surface area contributed by atoms with Crippen molar-refractivity contribution in [3.63, 3.8) is 0 Å². The van der Waals surface area contributed by atoms with E-state index in [4.69, 9.17) is 32.0 Å². The van der Waals surface area contributed by atoms with Gasteiger partial charge in [0.25, 0.3) is 10.1 Å². The topological polar surface area (TPSA) is 150 Å². The van der Waals surface area contributed by atoms with Crippen LogP contribution in [-0.2, 0) is 63.2 Å². The van der Waals surface area contributed by atoms with Crippen molar-refractivity contribution in [1.82, 2.24) is 0 Å². The molecule has 16 heteroatoms. The zero-order valence-corrected chi connectivity index (χ0v) is 45.7. The van der Waals surface area contributed by atoms with Gasteiger partial charge in [-0.1, -0.05) is 80.7 Å². The van der Waals surface area contributed by atoms with Crippen LogP contribution in [0.25, 0.3) is 0 Å². The van der Waals surface area contributed by atoms with Gasteiger partial charge in [0, 0.05) is 25.2 Å². The van der Waals surface area contributed by atoms with Gasteiger partial charge in [0.05, 0.1) is 73.3 Å². The first-order valence-electron chi connectivity index (χ1n) is 23.8. The average Bonchev–Trinajstić information content (AvgIpc) is 3.93. The van der Waals surface area contributed by atoms with Crippen LogP contribution in [0.4, 0.5) is 0 Å². The van der Waals surface area contributed by atoms with E-state index < -0.39 is 60.6 Å². The summed E-state index contributed by atoms with van der Waals surface area (Å²) < 4.78 is 96.6. The number of allylic oxidation sites excluding steroid dienone is 1. The normalized spacial score (nSPS) is 24.4. The fourth-order valence-corrected chi connectivity index (χ4v) is 13.1. The molecule has 65 heavy (non-hydrogen) atoms. The molecule has 372 valence electrons. The standard InChI is InChI=1S/C49H84O12S2Si2/c1-16-37-17-21-43(22-18-37)63(53,54)33-38-29-41(30-42(61-65(14,15)49(8,9)10)32-57-64(12,13)48(5,6)7)59-46(38)31-44(50)36(4)34(2)27-40(60-62(11,51)52)19-23-45-35(3)28-39(58-45)20-24-47-55-25-26-56-47/h17-18,21-22,34,38-42,45-47H,3-4,16,19-20,23-33H2,1-2,5-15H3/t34?,38-,39-,40+,41-,42?,45-,46-/m0/s1. The van der Waals surface area contributed by atoms with Crippen LogP contribution in [0.2, 0.25) is 36.3 Å². The number of ketones is 1. The molecular formula is C49H84O12S2Si2. The van der Waals surface area contributed by atoms with E-state index in [1.807, 2.05) is 26.0 Å². The van der Waals surface area contributed by atoms with Crippen LogP contribution < -0.4 is 0 Å². The molecule has 0 spiro atoms. The van der Waals surface area contributed by atoms with Gasteiger partial charge < -0.3 is 27.8 Å². The van der Waals surface area contributed by atoms with E-state index in [1.54, 1.807) is 12.1 Å². The molecule has 3 saturated heterocycles. The Labute approximate surface area is 395 Å². The summed E-state index contributed by atoms with van der Waals surface area (Å²) in [6.07, 6.45) is 3.46. The fourth-order valence-electron chi connectivity index (χ4n) is 8.36. The number of benzene rings is 1. The molecule has 0 aromatic heterocycles. The van der Waals surface area contributed by atoms with Crippen molar-refractivity contribution in [1.29, 1.82) is 0 Å². The monoisotopic (exact) mass is 984 g/mol. The molecule has 3 fully saturated rings. The van der Waals surface area contributed by atoms with Crippen LogP contribution in [0.3, 0.4) is 0 Å². The molecule has 3 aliphatic heterocycles. The lowest BCUT2D eigenvalue weighted by molar-refractivity contribution is -0.119. The van der Waals surface area contributed by atoms with Crippen LogP contribution >= 0.6 is 0 Å². The summed E-state index contributed by atoms with van der Waals surface area (Å²) in [5, 5.41) is -0.0539. The molecule has 1 aromatic carbocycles. The number of rotatable bonds is 25. The van der Waals surface area contributed by atoms with Crippen molar-refractivity contribution in [3.8, 4) is 0 Å². The molecule has 0 N–H and O–H groups in total. The van der Waals surface area contributed by atoms with Crippen molar-refractivity contribution >= 4 is 42.4 Å². The maximum absolute atomic E-state index is 14.2. The Morgan fingerprint density at radius 2 is 1.49 bits per heavy atom. The number of hydrogen-bond donors (Lipinski definition) is 0. The van der Waals surface area contributed by atoms with E-state index >= 15 is 0 Å². The number of hydrogen-bond acceptors (Lipinski definition) is 12. The second-order valence-electron chi connectivity index (χ2n) is 22.0. The average molecular weight is 986 g/mol. The lowest BCUT2D eigenvalue weighted by Crippen LogP contribution is -2.48. The van der Waals surface area contributed by atoms with E-state index in [0.717, 1.165) is 36.7 Å². The van der Waals surface area contributed by atoms with Crippen LogP contribution in [0.15, 0.2) is 53.5 Å². The molecule has 3 aliphatic rings. The van der Waals surface area contributed by atoms with Gasteiger partial charge in [0.1, 0.15) is 0 Å². The zero-order valence-electron chi connectivity index (χ0n) is 42.0. The largest absolute Gasteiger partial charge is 0.414 e. The van der Waals surface area contributed by atoms with Crippen LogP contribution in [0.1, 0.15) is 119 Å². The first kappa shape index (κ1) is 56.0. The predicted octanol–water partition coefficient (Wildman–Crippen LogP) is 10.1. The van der Waals surface area contributed by atoms with Gasteiger partial charge in [-0.2, -0.15) is 8.42 Å². The van der Waals surface area contributed by atoms with Crippen molar-refractivity contribution in [2.75, 3.05) is 31.8 Å². The third-order valence-electron chi connectivity index (χ3n) is 14.5. The lowest BCUT2D eigenvalue weighted by atomic mass is 9.87. The van der Waals surface area contributed by atoms with Crippen LogP contribution in [0, 0.1) is 11.8 Å². The van der Waals surface area contributed by atoms with E-state index in [-0.39, 0.29) is 70.1 Å². The van der Waals surface area contributed by atoms with Gasteiger partial charge in [-0.25, -0.2) is 8.42 Å². The van der Waals surface area contributed by atoms with E-state index in [9.17, 15) is 21.6 Å². The van der Waals surface area contributed by atoms with Gasteiger partial charge in [0.2, 0.25) is 0 Å². The number of carbonyl (C=O) groups is 1. The minimum Gasteiger partial charge on any atom is -0.414 e. The third-order valence-corrected chi connectivity index (χ3v) is 26.1. The summed E-state index contributed by atoms with van der Waals surface area (Å²) in [5.41, 5.74) is 2.32. The molecule has 2 unspecified atom stereocenters. The Balaban J connectivity index is 1.50. The maximum atomic E-state index is 14.2. The molecule has 3 heterocycles. The van der Waals surface area contributed by atoms with Crippen molar-refractivity contribution < 1.29 is 53.6 Å². The lowest BCUT2D eigenvalue weighted by Gasteiger charge is -2.42. The Hall–Kier alpha value is -1.58. The van der Waals surface area contributed by atoms with Crippen LogP contribution in [0.5, 0.6) is 0 Å². The number of Topliss-reactive ketones (excluding diaryl/α,β-unsaturated/α-hetero) is 1. The number of ether oxygens (including phenoxy) is 4. The molecule has 8 atom stereocenters. The first-order chi connectivity index (χ1) is 29.9. The summed E-state index contributed by atoms with van der Waals surface area (Å²) in [6, 6.07) is 7.01. The second kappa shape index (κ2) is 22.9. The maximum Gasteiger partial charge on any atom is 0.264 e. The molecule has 0 amide bonds. The highest BCUT2D eigenvalue weighted by molar-refractivity contribution is 7.91. The molecule has 4 rings (SSSR count). The zero-order chi connectivity index (χ0) is 48.8. The summed E-state index contributed by atoms with van der Waals surface area (Å²) >= 11 is 0. The quantitative estimate of drug-likeness (QED) is 0.0397. The highest BCUT2D eigenvalue weighted by Gasteiger charge is 2.45. The van der Waals surface area contributed by atoms with E-state index in [2.05, 4.69) is 80.9 Å². The Morgan fingerprint density at radius 3 is 2.06 bits per heavy atom. The minimum absolute atomic E-state index is 0.000911. The van der Waals surface area contributed by atoms with E-state index in [0.29, 0.717) is 57.5 Å². The number of carbonyl (C=O) groups excluding carboxylic acids is 1. The molecule has 0 aliphatic carbocycles. The van der Waals surface area contributed by atoms with Crippen LogP contribution in [-0.4, -0.2) is 114 Å². The van der Waals surface area contributed by atoms with Gasteiger partial charge in [0.15, 0.2) is 38.5 Å². The SMILES string of the molecule is C=C(C(=O)C[C@@H]1O[C@H](CC(CO[Si](C)(C)C(C)(C)C)O[Si](C)(C)C(C)(C)C)C[C@H]1CS(=O)(=O)c1ccc(CC)cc1)C(C)C[C@@H](CC[C@@H]1O[C@@H](CCC2OCCO2)CC1=C)OS(C)(=O)=O. The van der Waals surface area contributed by atoms with Crippen molar-refractivity contribution in [2.24, 2.45) is 11.8 Å². The molecule has 0 radical (unpaired) electrons. The summed E-state index contributed by atoms with van der Waals surface area (Å²) in [6.45, 7) is 36.1. The Bertz CT molecular complexity index is 1970. The predicted molar refractivity (Wildman–Crippen MR) is 263 cm³/mol. The fraction of sp³-hybridized carbons (Fsp3) is 0.776. The summed E-state index contributed by atoms with van der Waals surface area (Å²) in [4.78, 5) is 14.5.